The Balaban J connectivity index is 1.86. The van der Waals surface area contributed by atoms with Gasteiger partial charge in [0.05, 0.1) is 6.61 Å². The number of rotatable bonds is 6. The van der Waals surface area contributed by atoms with Crippen LogP contribution in [0.1, 0.15) is 41.8 Å². The van der Waals surface area contributed by atoms with Gasteiger partial charge in [0.25, 0.3) is 5.91 Å². The molecule has 5 nitrogen and oxygen atoms in total. The van der Waals surface area contributed by atoms with E-state index in [1.165, 1.54) is 4.90 Å². The molecule has 2 aromatic rings. The lowest BCUT2D eigenvalue weighted by Gasteiger charge is -2.20. The van der Waals surface area contributed by atoms with Gasteiger partial charge in [-0.25, -0.2) is 0 Å². The Morgan fingerprint density at radius 1 is 1.14 bits per heavy atom. The number of benzene rings is 2. The number of hydrogen-bond acceptors (Lipinski definition) is 4. The van der Waals surface area contributed by atoms with Crippen molar-refractivity contribution in [3.63, 3.8) is 0 Å². The molecule has 1 aliphatic rings. The number of ketones is 1. The van der Waals surface area contributed by atoms with Crippen molar-refractivity contribution in [1.82, 2.24) is 4.90 Å². The number of aryl methyl sites for hydroxylation is 1. The molecule has 152 valence electrons. The summed E-state index contributed by atoms with van der Waals surface area (Å²) >= 11 is 0. The maximum atomic E-state index is 12.8. The maximum Gasteiger partial charge on any atom is 0.262 e. The van der Waals surface area contributed by atoms with Gasteiger partial charge in [-0.3, -0.25) is 9.59 Å². The monoisotopic (exact) mass is 393 g/mol. The highest BCUT2D eigenvalue weighted by atomic mass is 16.5. The number of allylic oxidation sites excluding steroid dienone is 1. The Hall–Kier alpha value is -3.08. The van der Waals surface area contributed by atoms with Gasteiger partial charge < -0.3 is 14.4 Å². The summed E-state index contributed by atoms with van der Waals surface area (Å²) in [5, 5.41) is 0. The van der Waals surface area contributed by atoms with Crippen molar-refractivity contribution in [2.24, 2.45) is 0 Å². The molecule has 0 aliphatic heterocycles. The van der Waals surface area contributed by atoms with E-state index >= 15 is 0 Å². The zero-order valence-electron chi connectivity index (χ0n) is 17.4. The SMILES string of the molecule is CCOc1cc(/C=C2\CCc3ccccc3C2=O)ccc1OC(C)C(=O)N(C)C. The zero-order chi connectivity index (χ0) is 21.0. The molecule has 0 radical (unpaired) electrons. The van der Waals surface area contributed by atoms with Crippen molar-refractivity contribution in [3.05, 3.63) is 64.7 Å². The molecule has 5 heteroatoms. The molecule has 1 aliphatic carbocycles. The van der Waals surface area contributed by atoms with E-state index < -0.39 is 6.10 Å². The van der Waals surface area contributed by atoms with E-state index in [-0.39, 0.29) is 11.7 Å². The molecule has 1 amide bonds. The number of carbonyl (C=O) groups is 2. The van der Waals surface area contributed by atoms with Crippen LogP contribution in [0.25, 0.3) is 6.08 Å². The van der Waals surface area contributed by atoms with Gasteiger partial charge in [-0.2, -0.15) is 0 Å². The summed E-state index contributed by atoms with van der Waals surface area (Å²) in [6.45, 7) is 4.08. The third-order valence-electron chi connectivity index (χ3n) is 4.92. The molecule has 0 heterocycles. The maximum absolute atomic E-state index is 12.8. The van der Waals surface area contributed by atoms with Crippen LogP contribution in [0.2, 0.25) is 0 Å². The lowest BCUT2D eigenvalue weighted by Crippen LogP contribution is -2.35. The minimum absolute atomic E-state index is 0.0790. The lowest BCUT2D eigenvalue weighted by atomic mass is 9.86. The van der Waals surface area contributed by atoms with E-state index in [9.17, 15) is 9.59 Å². The Kier molecular flexibility index (Phi) is 6.37. The average molecular weight is 393 g/mol. The second-order valence-electron chi connectivity index (χ2n) is 7.29. The number of amides is 1. The van der Waals surface area contributed by atoms with Gasteiger partial charge in [0.1, 0.15) is 0 Å². The third kappa shape index (κ3) is 4.67. The standard InChI is InChI=1S/C24H27NO4/c1-5-28-22-15-17(10-13-21(22)29-16(2)24(27)25(3)4)14-19-12-11-18-8-6-7-9-20(18)23(19)26/h6-10,13-16H,5,11-12H2,1-4H3/b19-14+. The van der Waals surface area contributed by atoms with Crippen LogP contribution in [-0.2, 0) is 11.2 Å². The van der Waals surface area contributed by atoms with Gasteiger partial charge in [0.2, 0.25) is 0 Å². The number of ether oxygens (including phenoxy) is 2. The van der Waals surface area contributed by atoms with Crippen LogP contribution in [0.5, 0.6) is 11.5 Å². The summed E-state index contributed by atoms with van der Waals surface area (Å²) in [6, 6.07) is 13.3. The average Bonchev–Trinajstić information content (AvgIpc) is 2.71. The summed E-state index contributed by atoms with van der Waals surface area (Å²) in [4.78, 5) is 26.4. The van der Waals surface area contributed by atoms with Crippen LogP contribution in [0.3, 0.4) is 0 Å². The zero-order valence-corrected chi connectivity index (χ0v) is 17.4. The summed E-state index contributed by atoms with van der Waals surface area (Å²) < 4.78 is 11.6. The molecule has 1 unspecified atom stereocenters. The molecule has 0 bridgehead atoms. The van der Waals surface area contributed by atoms with Crippen LogP contribution in [0.15, 0.2) is 48.0 Å². The van der Waals surface area contributed by atoms with Crippen molar-refractivity contribution in [2.45, 2.75) is 32.8 Å². The second kappa shape index (κ2) is 8.95. The first-order valence-electron chi connectivity index (χ1n) is 9.88. The predicted octanol–water partition coefficient (Wildman–Crippen LogP) is 4.15. The topological polar surface area (TPSA) is 55.8 Å². The molecule has 0 spiro atoms. The fourth-order valence-electron chi connectivity index (χ4n) is 3.44. The second-order valence-corrected chi connectivity index (χ2v) is 7.29. The Morgan fingerprint density at radius 3 is 2.62 bits per heavy atom. The number of carbonyl (C=O) groups excluding carboxylic acids is 2. The van der Waals surface area contributed by atoms with Crippen LogP contribution in [-0.4, -0.2) is 43.4 Å². The molecular weight excluding hydrogens is 366 g/mol. The number of Topliss-reactive ketones (excluding diaryl/α,β-unsaturated/α-hetero) is 1. The van der Waals surface area contributed by atoms with Crippen LogP contribution >= 0.6 is 0 Å². The highest BCUT2D eigenvalue weighted by Crippen LogP contribution is 2.32. The quantitative estimate of drug-likeness (QED) is 0.692. The molecule has 0 N–H and O–H groups in total. The fraction of sp³-hybridized carbons (Fsp3) is 0.333. The van der Waals surface area contributed by atoms with Gasteiger partial charge in [0, 0.05) is 25.2 Å². The first-order chi connectivity index (χ1) is 13.9. The molecule has 0 saturated heterocycles. The minimum Gasteiger partial charge on any atom is -0.490 e. The number of hydrogen-bond donors (Lipinski definition) is 0. The van der Waals surface area contributed by atoms with Crippen LogP contribution in [0, 0.1) is 0 Å². The van der Waals surface area contributed by atoms with Crippen molar-refractivity contribution in [2.75, 3.05) is 20.7 Å². The number of nitrogens with zero attached hydrogens (tertiary/aromatic N) is 1. The van der Waals surface area contributed by atoms with E-state index in [0.717, 1.165) is 28.7 Å². The number of fused-ring (bicyclic) bond motifs is 1. The van der Waals surface area contributed by atoms with E-state index in [0.29, 0.717) is 24.5 Å². The molecule has 0 saturated carbocycles. The van der Waals surface area contributed by atoms with E-state index in [2.05, 4.69) is 0 Å². The first kappa shape index (κ1) is 20.6. The Labute approximate surface area is 171 Å². The summed E-state index contributed by atoms with van der Waals surface area (Å²) in [5.74, 6) is 1.03. The van der Waals surface area contributed by atoms with Crippen LogP contribution < -0.4 is 9.47 Å². The highest BCUT2D eigenvalue weighted by Gasteiger charge is 2.22. The molecule has 29 heavy (non-hydrogen) atoms. The molecule has 2 aromatic carbocycles. The number of likely N-dealkylation sites (N-methyl/N-ethyl adjacent to an activating group) is 1. The van der Waals surface area contributed by atoms with Gasteiger partial charge >= 0.3 is 0 Å². The fourth-order valence-corrected chi connectivity index (χ4v) is 3.44. The lowest BCUT2D eigenvalue weighted by molar-refractivity contribution is -0.135. The molecule has 3 rings (SSSR count). The largest absolute Gasteiger partial charge is 0.490 e. The normalized spacial score (nSPS) is 15.6. The summed E-state index contributed by atoms with van der Waals surface area (Å²) in [5.41, 5.74) is 3.55. The van der Waals surface area contributed by atoms with Crippen LogP contribution in [0.4, 0.5) is 0 Å². The van der Waals surface area contributed by atoms with Crippen molar-refractivity contribution in [3.8, 4) is 11.5 Å². The molecule has 0 aromatic heterocycles. The predicted molar refractivity (Wildman–Crippen MR) is 113 cm³/mol. The van der Waals surface area contributed by atoms with Gasteiger partial charge in [0.15, 0.2) is 23.4 Å². The first-order valence-corrected chi connectivity index (χ1v) is 9.88. The van der Waals surface area contributed by atoms with Crippen molar-refractivity contribution < 1.29 is 19.1 Å². The molecular formula is C24H27NO4. The summed E-state index contributed by atoms with van der Waals surface area (Å²) in [7, 11) is 3.39. The van der Waals surface area contributed by atoms with E-state index in [1.54, 1.807) is 27.1 Å². The van der Waals surface area contributed by atoms with E-state index in [4.69, 9.17) is 9.47 Å². The van der Waals surface area contributed by atoms with Crippen molar-refractivity contribution in [1.29, 1.82) is 0 Å². The van der Waals surface area contributed by atoms with Gasteiger partial charge in [-0.05, 0) is 56.0 Å². The Bertz CT molecular complexity index is 946. The molecule has 0 fully saturated rings. The third-order valence-corrected chi connectivity index (χ3v) is 4.92. The minimum atomic E-state index is -0.621. The smallest absolute Gasteiger partial charge is 0.262 e. The highest BCUT2D eigenvalue weighted by molar-refractivity contribution is 6.13. The van der Waals surface area contributed by atoms with Gasteiger partial charge in [-0.15, -0.1) is 0 Å². The molecule has 1 atom stereocenters. The summed E-state index contributed by atoms with van der Waals surface area (Å²) in [6.07, 6.45) is 2.87. The van der Waals surface area contributed by atoms with Crippen molar-refractivity contribution >= 4 is 17.8 Å². The van der Waals surface area contributed by atoms with Gasteiger partial charge in [-0.1, -0.05) is 30.3 Å². The van der Waals surface area contributed by atoms with E-state index in [1.807, 2.05) is 49.4 Å². The Morgan fingerprint density at radius 2 is 1.90 bits per heavy atom.